The Labute approximate surface area is 279 Å². The van der Waals surface area contributed by atoms with E-state index in [1.807, 2.05) is 0 Å². The molecule has 2 amide bonds. The number of ether oxygens (including phenoxy) is 1. The summed E-state index contributed by atoms with van der Waals surface area (Å²) in [5.41, 5.74) is 3.39. The van der Waals surface area contributed by atoms with Crippen molar-refractivity contribution in [3.05, 3.63) is 47.0 Å². The van der Waals surface area contributed by atoms with Crippen LogP contribution in [0.4, 0.5) is 0 Å². The lowest BCUT2D eigenvalue weighted by Crippen LogP contribution is -2.73. The highest BCUT2D eigenvalue weighted by Gasteiger charge is 2.72. The molecule has 256 valence electrons. The van der Waals surface area contributed by atoms with Gasteiger partial charge in [-0.2, -0.15) is 0 Å². The van der Waals surface area contributed by atoms with Crippen LogP contribution in [0.25, 0.3) is 0 Å². The molecule has 1 unspecified atom stereocenters. The number of imide groups is 1. The minimum Gasteiger partial charge on any atom is -0.481 e. The molecule has 4 aliphatic carbocycles. The second kappa shape index (κ2) is 10.5. The van der Waals surface area contributed by atoms with Crippen molar-refractivity contribution < 1.29 is 29.3 Å². The molecule has 7 rings (SSSR count). The van der Waals surface area contributed by atoms with Crippen molar-refractivity contribution in [2.75, 3.05) is 6.61 Å². The Balaban J connectivity index is 1.30. The van der Waals surface area contributed by atoms with E-state index in [1.165, 1.54) is 5.57 Å². The molecule has 1 saturated heterocycles. The van der Waals surface area contributed by atoms with E-state index in [0.717, 1.165) is 30.7 Å². The van der Waals surface area contributed by atoms with Gasteiger partial charge in [0.2, 0.25) is 0 Å². The molecule has 47 heavy (non-hydrogen) atoms. The third-order valence-corrected chi connectivity index (χ3v) is 15.7. The van der Waals surface area contributed by atoms with Gasteiger partial charge in [-0.05, 0) is 97.5 Å². The van der Waals surface area contributed by atoms with E-state index in [2.05, 4.69) is 66.9 Å². The molecular weight excluding hydrogens is 592 g/mol. The number of aliphatic hydroxyl groups excluding tert-OH is 1. The number of carbonyl (C=O) groups is 3. The van der Waals surface area contributed by atoms with Gasteiger partial charge in [0, 0.05) is 10.8 Å². The van der Waals surface area contributed by atoms with E-state index >= 15 is 0 Å². The first kappa shape index (κ1) is 33.0. The van der Waals surface area contributed by atoms with Gasteiger partial charge in [-0.25, -0.2) is 10.4 Å². The van der Waals surface area contributed by atoms with Crippen LogP contribution in [0.2, 0.25) is 0 Å². The van der Waals surface area contributed by atoms with Crippen LogP contribution in [-0.4, -0.2) is 57.9 Å². The quantitative estimate of drug-likeness (QED) is 0.247. The Kier molecular flexibility index (Phi) is 7.35. The maximum atomic E-state index is 13.4. The number of carboxylic acid groups (broad SMARTS) is 1. The van der Waals surface area contributed by atoms with Crippen LogP contribution in [0.15, 0.2) is 35.9 Å². The largest absolute Gasteiger partial charge is 0.481 e. The van der Waals surface area contributed by atoms with Gasteiger partial charge in [-0.15, -0.1) is 0 Å². The first-order valence-corrected chi connectivity index (χ1v) is 18.0. The van der Waals surface area contributed by atoms with Crippen LogP contribution >= 0.6 is 0 Å². The molecule has 1 aromatic carbocycles. The number of rotatable bonds is 5. The fourth-order valence-electron chi connectivity index (χ4n) is 12.6. The highest BCUT2D eigenvalue weighted by molar-refractivity contribution is 6.21. The molecule has 6 aliphatic rings. The molecule has 2 bridgehead atoms. The number of carbonyl (C=O) groups excluding carboxylic acids is 2. The van der Waals surface area contributed by atoms with E-state index in [0.29, 0.717) is 36.5 Å². The summed E-state index contributed by atoms with van der Waals surface area (Å²) in [5.74, 6) is -0.927. The molecule has 0 aromatic heterocycles. The number of hydrogen-bond acceptors (Lipinski definition) is 6. The number of aliphatic hydroxyl groups is 1. The SMILES string of the molecule is CC(C)[C@@H](C)[C@@]1(C)CC[C@]2(C)[C@H]3CC[C@H]4[C@@]5(C)CO[C@@H](C)[C@@]4(CC(NN4C(=O)c6ccccc6C4=O)[C@@H]5O)C3=CC[C@@]2(C)[C@@H]1C(=O)O. The first-order valence-electron chi connectivity index (χ1n) is 18.0. The smallest absolute Gasteiger partial charge is 0.307 e. The summed E-state index contributed by atoms with van der Waals surface area (Å²) in [4.78, 5) is 40.2. The summed E-state index contributed by atoms with van der Waals surface area (Å²) in [6, 6.07) is 6.32. The van der Waals surface area contributed by atoms with Crippen LogP contribution in [0.5, 0.6) is 0 Å². The van der Waals surface area contributed by atoms with Gasteiger partial charge in [0.1, 0.15) is 0 Å². The van der Waals surface area contributed by atoms with Crippen molar-refractivity contribution in [2.24, 2.45) is 56.7 Å². The van der Waals surface area contributed by atoms with E-state index in [9.17, 15) is 24.6 Å². The first-order chi connectivity index (χ1) is 22.0. The Morgan fingerprint density at radius 3 is 2.23 bits per heavy atom. The second-order valence-electron chi connectivity index (χ2n) is 17.6. The topological polar surface area (TPSA) is 116 Å². The number of carboxylic acids is 1. The maximum absolute atomic E-state index is 13.4. The molecule has 1 aromatic rings. The zero-order chi connectivity index (χ0) is 34.1. The van der Waals surface area contributed by atoms with Gasteiger partial charge < -0.3 is 14.9 Å². The fourth-order valence-corrected chi connectivity index (χ4v) is 12.6. The van der Waals surface area contributed by atoms with Gasteiger partial charge in [0.15, 0.2) is 0 Å². The van der Waals surface area contributed by atoms with Crippen molar-refractivity contribution in [2.45, 2.75) is 112 Å². The third kappa shape index (κ3) is 4.01. The lowest BCUT2D eigenvalue weighted by molar-refractivity contribution is -0.260. The predicted molar refractivity (Wildman–Crippen MR) is 178 cm³/mol. The molecule has 3 saturated carbocycles. The molecule has 2 aliphatic heterocycles. The molecule has 0 radical (unpaired) electrons. The minimum atomic E-state index is -0.830. The van der Waals surface area contributed by atoms with Crippen LogP contribution in [0, 0.1) is 56.7 Å². The number of amides is 2. The number of benzene rings is 1. The highest BCUT2D eigenvalue weighted by Crippen LogP contribution is 2.75. The van der Waals surface area contributed by atoms with Crippen LogP contribution < -0.4 is 5.43 Å². The fraction of sp³-hybridized carbons (Fsp3) is 0.718. The second-order valence-corrected chi connectivity index (χ2v) is 17.6. The number of aliphatic carboxylic acids is 1. The molecule has 4 fully saturated rings. The summed E-state index contributed by atoms with van der Waals surface area (Å²) in [7, 11) is 0. The molecule has 2 heterocycles. The lowest BCUT2D eigenvalue weighted by Gasteiger charge is -2.72. The average molecular weight is 647 g/mol. The van der Waals surface area contributed by atoms with Gasteiger partial charge in [-0.1, -0.05) is 72.2 Å². The Morgan fingerprint density at radius 1 is 1.00 bits per heavy atom. The maximum Gasteiger partial charge on any atom is 0.307 e. The summed E-state index contributed by atoms with van der Waals surface area (Å²) >= 11 is 0. The summed E-state index contributed by atoms with van der Waals surface area (Å²) < 4.78 is 6.61. The van der Waals surface area contributed by atoms with Crippen LogP contribution in [-0.2, 0) is 9.53 Å². The van der Waals surface area contributed by atoms with Gasteiger partial charge in [0.05, 0.1) is 41.9 Å². The number of fused-ring (bicyclic) bond motifs is 4. The van der Waals surface area contributed by atoms with Gasteiger partial charge in [-0.3, -0.25) is 14.4 Å². The van der Waals surface area contributed by atoms with Crippen molar-refractivity contribution >= 4 is 17.8 Å². The molecule has 12 atom stereocenters. The molecule has 0 spiro atoms. The average Bonchev–Trinajstić information content (AvgIpc) is 3.26. The molecule has 3 N–H and O–H groups in total. The number of nitrogens with zero attached hydrogens (tertiary/aromatic N) is 1. The van der Waals surface area contributed by atoms with E-state index < -0.39 is 40.3 Å². The van der Waals surface area contributed by atoms with Crippen molar-refractivity contribution in [1.82, 2.24) is 10.4 Å². The Morgan fingerprint density at radius 2 is 1.64 bits per heavy atom. The van der Waals surface area contributed by atoms with Crippen LogP contribution in [0.1, 0.15) is 115 Å². The van der Waals surface area contributed by atoms with Crippen LogP contribution in [0.3, 0.4) is 0 Å². The number of allylic oxidation sites excluding steroid dienone is 1. The molecular formula is C39H54N2O6. The number of nitrogens with one attached hydrogen (secondary N) is 1. The number of hydrogen-bond donors (Lipinski definition) is 3. The van der Waals surface area contributed by atoms with E-state index in [4.69, 9.17) is 4.74 Å². The van der Waals surface area contributed by atoms with Gasteiger partial charge >= 0.3 is 5.97 Å². The highest BCUT2D eigenvalue weighted by atomic mass is 16.5. The summed E-state index contributed by atoms with van der Waals surface area (Å²) in [6.07, 6.45) is 6.37. The Bertz CT molecular complexity index is 1520. The van der Waals surface area contributed by atoms with E-state index in [-0.39, 0.29) is 46.5 Å². The summed E-state index contributed by atoms with van der Waals surface area (Å²) in [6.45, 7) is 18.2. The monoisotopic (exact) mass is 646 g/mol. The third-order valence-electron chi connectivity index (χ3n) is 15.7. The zero-order valence-electron chi connectivity index (χ0n) is 29.4. The predicted octanol–water partition coefficient (Wildman–Crippen LogP) is 6.49. The Hall–Kier alpha value is -2.55. The van der Waals surface area contributed by atoms with Crippen molar-refractivity contribution in [3.8, 4) is 0 Å². The zero-order valence-corrected chi connectivity index (χ0v) is 29.4. The standard InChI is InChI=1S/C39H54N2O6/c1-21(2)22(3)35(5)17-18-37(7)26-13-14-29-36(6)20-47-23(4)39(29,27(26)15-16-38(37,8)30(35)34(45)46)19-28(31(36)42)40-41-32(43)24-11-9-10-12-25(24)33(41)44/h9-12,15,21-23,26,28-31,40,42H,13-14,16-20H2,1-8H3,(H,45,46)/t22-,23+,26+,28?,29+,30-,31+,35-,36-,37-,38+,39+/m1/s1. The van der Waals surface area contributed by atoms with E-state index in [1.54, 1.807) is 24.3 Å². The molecule has 8 nitrogen and oxygen atoms in total. The minimum absolute atomic E-state index is 0.133. The lowest BCUT2D eigenvalue weighted by atomic mass is 9.33. The summed E-state index contributed by atoms with van der Waals surface area (Å²) in [5, 5.41) is 24.2. The van der Waals surface area contributed by atoms with Gasteiger partial charge in [0.25, 0.3) is 11.8 Å². The molecule has 8 heteroatoms. The normalized spacial score (nSPS) is 46.3. The number of hydrazine groups is 1. The van der Waals surface area contributed by atoms with Crippen molar-refractivity contribution in [3.63, 3.8) is 0 Å². The van der Waals surface area contributed by atoms with Crippen molar-refractivity contribution in [1.29, 1.82) is 0 Å².